The number of piperidine rings is 1. The molecule has 1 atom stereocenters. The van der Waals surface area contributed by atoms with E-state index < -0.39 is 0 Å². The summed E-state index contributed by atoms with van der Waals surface area (Å²) in [6.45, 7) is 5.33. The van der Waals surface area contributed by atoms with Crippen molar-refractivity contribution in [2.45, 2.75) is 64.0 Å². The predicted molar refractivity (Wildman–Crippen MR) is 68.1 cm³/mol. The molecule has 1 aliphatic heterocycles. The number of carbonyl (C=O) groups excluding carboxylic acids is 1. The number of ether oxygens (including phenoxy) is 1. The molecule has 3 nitrogen and oxygen atoms in total. The average Bonchev–Trinajstić information content (AvgIpc) is 2.37. The largest absolute Gasteiger partial charge is 0.377 e. The molecule has 1 unspecified atom stereocenters. The number of likely N-dealkylation sites (tertiary alicyclic amines) is 1. The van der Waals surface area contributed by atoms with Crippen molar-refractivity contribution in [3.05, 3.63) is 0 Å². The molecule has 17 heavy (non-hydrogen) atoms. The molecule has 98 valence electrons. The number of hydrogen-bond donors (Lipinski definition) is 0. The SMILES string of the molecule is CCCOC1CCCN(C2CCC(=O)CC2)C1. The van der Waals surface area contributed by atoms with Gasteiger partial charge in [0.15, 0.2) is 0 Å². The number of rotatable bonds is 4. The van der Waals surface area contributed by atoms with Gasteiger partial charge in [0.1, 0.15) is 5.78 Å². The second-order valence-electron chi connectivity index (χ2n) is 5.40. The normalized spacial score (nSPS) is 28.5. The summed E-state index contributed by atoms with van der Waals surface area (Å²) in [6, 6.07) is 0.640. The molecule has 0 aromatic heterocycles. The maximum absolute atomic E-state index is 11.3. The van der Waals surface area contributed by atoms with Crippen LogP contribution in [-0.2, 0) is 9.53 Å². The molecule has 0 aromatic carbocycles. The Morgan fingerprint density at radius 2 is 2.06 bits per heavy atom. The minimum atomic E-state index is 0.432. The second-order valence-corrected chi connectivity index (χ2v) is 5.40. The van der Waals surface area contributed by atoms with Crippen molar-refractivity contribution in [1.29, 1.82) is 0 Å². The van der Waals surface area contributed by atoms with E-state index in [1.807, 2.05) is 0 Å². The first-order valence-corrected chi connectivity index (χ1v) is 7.17. The van der Waals surface area contributed by atoms with Gasteiger partial charge in [0.2, 0.25) is 0 Å². The van der Waals surface area contributed by atoms with Gasteiger partial charge in [-0.05, 0) is 38.6 Å². The molecular weight excluding hydrogens is 214 g/mol. The van der Waals surface area contributed by atoms with Crippen LogP contribution >= 0.6 is 0 Å². The van der Waals surface area contributed by atoms with Crippen molar-refractivity contribution < 1.29 is 9.53 Å². The lowest BCUT2D eigenvalue weighted by Crippen LogP contribution is -2.46. The van der Waals surface area contributed by atoms with Gasteiger partial charge in [0.25, 0.3) is 0 Å². The summed E-state index contributed by atoms with van der Waals surface area (Å²) < 4.78 is 5.87. The summed E-state index contributed by atoms with van der Waals surface area (Å²) in [5.74, 6) is 0.456. The lowest BCUT2D eigenvalue weighted by molar-refractivity contribution is -0.121. The van der Waals surface area contributed by atoms with E-state index in [0.29, 0.717) is 17.9 Å². The lowest BCUT2D eigenvalue weighted by atomic mass is 9.91. The first-order chi connectivity index (χ1) is 8.29. The zero-order valence-corrected chi connectivity index (χ0v) is 11.0. The number of Topliss-reactive ketones (excluding diaryl/α,β-unsaturated/α-hetero) is 1. The lowest BCUT2D eigenvalue weighted by Gasteiger charge is -2.39. The van der Waals surface area contributed by atoms with Crippen molar-refractivity contribution in [1.82, 2.24) is 4.90 Å². The third-order valence-corrected chi connectivity index (χ3v) is 4.00. The fourth-order valence-electron chi connectivity index (χ4n) is 3.01. The number of ketones is 1. The van der Waals surface area contributed by atoms with Crippen LogP contribution in [0.25, 0.3) is 0 Å². The predicted octanol–water partition coefficient (Wildman–Crippen LogP) is 2.39. The molecule has 0 aromatic rings. The smallest absolute Gasteiger partial charge is 0.133 e. The zero-order chi connectivity index (χ0) is 12.1. The van der Waals surface area contributed by atoms with Gasteiger partial charge in [0, 0.05) is 32.0 Å². The molecule has 0 N–H and O–H groups in total. The van der Waals surface area contributed by atoms with Gasteiger partial charge >= 0.3 is 0 Å². The fourth-order valence-corrected chi connectivity index (χ4v) is 3.01. The average molecular weight is 239 g/mol. The van der Waals surface area contributed by atoms with Crippen LogP contribution in [0, 0.1) is 0 Å². The van der Waals surface area contributed by atoms with Gasteiger partial charge in [-0.3, -0.25) is 9.69 Å². The third kappa shape index (κ3) is 3.78. The quantitative estimate of drug-likeness (QED) is 0.754. The summed E-state index contributed by atoms with van der Waals surface area (Å²) in [7, 11) is 0. The fraction of sp³-hybridized carbons (Fsp3) is 0.929. The van der Waals surface area contributed by atoms with E-state index in [1.54, 1.807) is 0 Å². The highest BCUT2D eigenvalue weighted by Gasteiger charge is 2.28. The van der Waals surface area contributed by atoms with Gasteiger partial charge in [-0.2, -0.15) is 0 Å². The first kappa shape index (κ1) is 13.0. The summed E-state index contributed by atoms with van der Waals surface area (Å²) in [4.78, 5) is 13.8. The standard InChI is InChI=1S/C14H25NO2/c1-2-10-17-14-4-3-9-15(11-14)12-5-7-13(16)8-6-12/h12,14H,2-11H2,1H3. The van der Waals surface area contributed by atoms with Crippen molar-refractivity contribution in [2.75, 3.05) is 19.7 Å². The summed E-state index contributed by atoms with van der Waals surface area (Å²) >= 11 is 0. The minimum Gasteiger partial charge on any atom is -0.377 e. The van der Waals surface area contributed by atoms with Crippen LogP contribution in [-0.4, -0.2) is 42.5 Å². The van der Waals surface area contributed by atoms with Crippen LogP contribution in [0.5, 0.6) is 0 Å². The highest BCUT2D eigenvalue weighted by molar-refractivity contribution is 5.79. The van der Waals surface area contributed by atoms with Crippen molar-refractivity contribution >= 4 is 5.78 Å². The molecule has 3 heteroatoms. The maximum Gasteiger partial charge on any atom is 0.133 e. The van der Waals surface area contributed by atoms with E-state index in [-0.39, 0.29) is 0 Å². The molecule has 0 spiro atoms. The Labute approximate surface area is 105 Å². The number of carbonyl (C=O) groups is 1. The van der Waals surface area contributed by atoms with Gasteiger partial charge in [-0.25, -0.2) is 0 Å². The van der Waals surface area contributed by atoms with E-state index in [2.05, 4.69) is 11.8 Å². The van der Waals surface area contributed by atoms with Crippen molar-refractivity contribution in [2.24, 2.45) is 0 Å². The van der Waals surface area contributed by atoms with Crippen LogP contribution < -0.4 is 0 Å². The van der Waals surface area contributed by atoms with Crippen molar-refractivity contribution in [3.63, 3.8) is 0 Å². The van der Waals surface area contributed by atoms with E-state index in [0.717, 1.165) is 45.3 Å². The molecule has 0 bridgehead atoms. The number of nitrogens with zero attached hydrogens (tertiary/aromatic N) is 1. The Balaban J connectivity index is 1.78. The zero-order valence-electron chi connectivity index (χ0n) is 11.0. The highest BCUT2D eigenvalue weighted by Crippen LogP contribution is 2.24. The van der Waals surface area contributed by atoms with Crippen LogP contribution in [0.3, 0.4) is 0 Å². The van der Waals surface area contributed by atoms with Crippen LogP contribution in [0.1, 0.15) is 51.9 Å². The van der Waals surface area contributed by atoms with Gasteiger partial charge in [-0.1, -0.05) is 6.92 Å². The second kappa shape index (κ2) is 6.50. The van der Waals surface area contributed by atoms with E-state index in [4.69, 9.17) is 4.74 Å². The molecule has 0 amide bonds. The Morgan fingerprint density at radius 1 is 1.29 bits per heavy atom. The van der Waals surface area contributed by atoms with E-state index in [1.165, 1.54) is 19.4 Å². The van der Waals surface area contributed by atoms with Crippen LogP contribution in [0.2, 0.25) is 0 Å². The van der Waals surface area contributed by atoms with Gasteiger partial charge in [-0.15, -0.1) is 0 Å². The Bertz CT molecular complexity index is 245. The number of hydrogen-bond acceptors (Lipinski definition) is 3. The van der Waals surface area contributed by atoms with E-state index >= 15 is 0 Å². The monoisotopic (exact) mass is 239 g/mol. The summed E-state index contributed by atoms with van der Waals surface area (Å²) in [5, 5.41) is 0. The van der Waals surface area contributed by atoms with E-state index in [9.17, 15) is 4.79 Å². The molecule has 2 aliphatic rings. The minimum absolute atomic E-state index is 0.432. The molecule has 1 saturated carbocycles. The molecule has 1 saturated heterocycles. The molecule has 0 radical (unpaired) electrons. The molecule has 2 fully saturated rings. The molecular formula is C14H25NO2. The van der Waals surface area contributed by atoms with Gasteiger partial charge in [0.05, 0.1) is 6.10 Å². The summed E-state index contributed by atoms with van der Waals surface area (Å²) in [5.41, 5.74) is 0. The Hall–Kier alpha value is -0.410. The van der Waals surface area contributed by atoms with Crippen molar-refractivity contribution in [3.8, 4) is 0 Å². The molecule has 1 aliphatic carbocycles. The molecule has 2 rings (SSSR count). The summed E-state index contributed by atoms with van der Waals surface area (Å²) in [6.07, 6.45) is 7.72. The van der Waals surface area contributed by atoms with Gasteiger partial charge < -0.3 is 4.74 Å². The highest BCUT2D eigenvalue weighted by atomic mass is 16.5. The van der Waals surface area contributed by atoms with Crippen LogP contribution in [0.15, 0.2) is 0 Å². The Kier molecular flexibility index (Phi) is 4.99. The van der Waals surface area contributed by atoms with Crippen LogP contribution in [0.4, 0.5) is 0 Å². The first-order valence-electron chi connectivity index (χ1n) is 7.17. The topological polar surface area (TPSA) is 29.5 Å². The third-order valence-electron chi connectivity index (χ3n) is 4.00. The molecule has 1 heterocycles. The maximum atomic E-state index is 11.3. The Morgan fingerprint density at radius 3 is 2.76 bits per heavy atom.